The summed E-state index contributed by atoms with van der Waals surface area (Å²) >= 11 is 2.26. The van der Waals surface area contributed by atoms with E-state index in [9.17, 15) is 19.2 Å². The number of carbonyl (C=O) groups is 3. The van der Waals surface area contributed by atoms with Gasteiger partial charge in [0.1, 0.15) is 5.25 Å². The molecule has 0 spiro atoms. The van der Waals surface area contributed by atoms with E-state index in [-0.39, 0.29) is 22.7 Å². The number of aromatic amines is 1. The van der Waals surface area contributed by atoms with E-state index in [0.717, 1.165) is 26.7 Å². The lowest BCUT2D eigenvalue weighted by atomic mass is 9.88. The normalized spacial score (nSPS) is 21.6. The molecule has 3 atom stereocenters. The van der Waals surface area contributed by atoms with Crippen LogP contribution in [-0.4, -0.2) is 34.6 Å². The Labute approximate surface area is 203 Å². The van der Waals surface area contributed by atoms with Crippen LogP contribution >= 0.6 is 23.1 Å². The molecule has 0 bridgehead atoms. The Balaban J connectivity index is 1.57. The zero-order valence-corrected chi connectivity index (χ0v) is 19.7. The molecule has 0 radical (unpaired) electrons. The van der Waals surface area contributed by atoms with Crippen LogP contribution in [0, 0.1) is 5.92 Å². The van der Waals surface area contributed by atoms with E-state index in [0.29, 0.717) is 5.03 Å². The van der Waals surface area contributed by atoms with Gasteiger partial charge in [-0.05, 0) is 24.6 Å². The van der Waals surface area contributed by atoms with Crippen molar-refractivity contribution in [2.45, 2.75) is 23.1 Å². The number of allylic oxidation sites excluding steroid dienone is 1. The molecule has 1 fully saturated rings. The van der Waals surface area contributed by atoms with Crippen molar-refractivity contribution in [2.75, 3.05) is 11.5 Å². The topological polar surface area (TPSA) is 96.5 Å². The number of H-pyrrole nitrogens is 1. The molecule has 1 N–H and O–H groups in total. The molecule has 0 unspecified atom stereocenters. The number of amides is 2. The number of ether oxygens (including phenoxy) is 1. The number of nitrogens with one attached hydrogen (secondary N) is 1. The van der Waals surface area contributed by atoms with E-state index in [1.165, 1.54) is 11.8 Å². The van der Waals surface area contributed by atoms with E-state index >= 15 is 0 Å². The summed E-state index contributed by atoms with van der Waals surface area (Å²) in [6, 6.07) is 16.1. The fourth-order valence-corrected chi connectivity index (χ4v) is 6.82. The van der Waals surface area contributed by atoms with E-state index in [1.807, 2.05) is 42.5 Å². The molecule has 0 aliphatic carbocycles. The maximum Gasteiger partial charge on any atom is 0.340 e. The first kappa shape index (κ1) is 22.4. The van der Waals surface area contributed by atoms with Crippen LogP contribution in [0.2, 0.25) is 0 Å². The lowest BCUT2D eigenvalue weighted by molar-refractivity contribution is -0.122. The number of benzene rings is 2. The third-order valence-electron chi connectivity index (χ3n) is 5.81. The smallest absolute Gasteiger partial charge is 0.340 e. The van der Waals surface area contributed by atoms with Gasteiger partial charge in [-0.3, -0.25) is 14.4 Å². The van der Waals surface area contributed by atoms with Crippen LogP contribution in [0.4, 0.5) is 5.69 Å². The molecule has 2 aliphatic rings. The molecule has 0 saturated carbocycles. The first-order valence-corrected chi connectivity index (χ1v) is 12.5. The highest BCUT2D eigenvalue weighted by molar-refractivity contribution is 8.00. The molecule has 34 heavy (non-hydrogen) atoms. The number of hydrogen-bond acceptors (Lipinski definition) is 7. The number of fused-ring (bicyclic) bond motifs is 2. The minimum Gasteiger partial charge on any atom is -0.462 e. The molecule has 3 aromatic rings. The Morgan fingerprint density at radius 2 is 1.79 bits per heavy atom. The van der Waals surface area contributed by atoms with Gasteiger partial charge in [-0.15, -0.1) is 0 Å². The second kappa shape index (κ2) is 9.08. The molecule has 2 aromatic carbocycles. The minimum atomic E-state index is -0.717. The number of imide groups is 1. The molecule has 1 saturated heterocycles. The van der Waals surface area contributed by atoms with Gasteiger partial charge in [0, 0.05) is 10.8 Å². The molecule has 5 rings (SSSR count). The van der Waals surface area contributed by atoms with Crippen molar-refractivity contribution in [3.8, 4) is 0 Å². The van der Waals surface area contributed by atoms with Crippen molar-refractivity contribution >= 4 is 52.6 Å². The number of anilines is 1. The van der Waals surface area contributed by atoms with Crippen molar-refractivity contribution in [3.05, 3.63) is 86.3 Å². The summed E-state index contributed by atoms with van der Waals surface area (Å²) < 4.78 is 5.13. The first-order chi connectivity index (χ1) is 16.5. The molecule has 2 aliphatic heterocycles. The molecule has 172 valence electrons. The van der Waals surface area contributed by atoms with Crippen LogP contribution < -0.4 is 9.77 Å². The summed E-state index contributed by atoms with van der Waals surface area (Å²) in [7, 11) is 0. The average Bonchev–Trinajstić information content (AvgIpc) is 3.33. The van der Waals surface area contributed by atoms with Gasteiger partial charge in [0.2, 0.25) is 11.8 Å². The third-order valence-corrected chi connectivity index (χ3v) is 8.23. The Morgan fingerprint density at radius 3 is 2.56 bits per heavy atom. The van der Waals surface area contributed by atoms with E-state index < -0.39 is 34.9 Å². The SMILES string of the molecule is CCOC(=O)c1ccccc1N1C(=O)[C@@H]2[C@@H](Sc3[nH]c(=O)sc3[C@@H]2/C=C/c2ccccc2)C1=O. The van der Waals surface area contributed by atoms with Crippen LogP contribution in [0.3, 0.4) is 0 Å². The first-order valence-electron chi connectivity index (χ1n) is 10.8. The quantitative estimate of drug-likeness (QED) is 0.426. The summed E-state index contributed by atoms with van der Waals surface area (Å²) in [4.78, 5) is 56.4. The van der Waals surface area contributed by atoms with Gasteiger partial charge in [0.15, 0.2) is 0 Å². The largest absolute Gasteiger partial charge is 0.462 e. The Morgan fingerprint density at radius 1 is 1.06 bits per heavy atom. The monoisotopic (exact) mass is 492 g/mol. The lowest BCUT2D eigenvalue weighted by Crippen LogP contribution is -2.33. The molecule has 1 aromatic heterocycles. The number of esters is 1. The van der Waals surface area contributed by atoms with Gasteiger partial charge in [-0.25, -0.2) is 9.69 Å². The van der Waals surface area contributed by atoms with Crippen molar-refractivity contribution in [3.63, 3.8) is 0 Å². The molecule has 7 nitrogen and oxygen atoms in total. The Hall–Kier alpha value is -3.43. The van der Waals surface area contributed by atoms with Gasteiger partial charge in [0.05, 0.1) is 28.8 Å². The van der Waals surface area contributed by atoms with Crippen LogP contribution in [0.15, 0.2) is 70.5 Å². The number of hydrogen-bond donors (Lipinski definition) is 1. The summed E-state index contributed by atoms with van der Waals surface area (Å²) in [5.41, 5.74) is 1.32. The maximum absolute atomic E-state index is 13.7. The number of carbonyl (C=O) groups excluding carboxylic acids is 3. The van der Waals surface area contributed by atoms with Crippen molar-refractivity contribution in [1.29, 1.82) is 0 Å². The molecule has 9 heteroatoms. The molecular formula is C25H20N2O5S2. The van der Waals surface area contributed by atoms with Gasteiger partial charge >= 0.3 is 10.8 Å². The second-order valence-corrected chi connectivity index (χ2v) is 9.98. The second-order valence-electron chi connectivity index (χ2n) is 7.82. The maximum atomic E-state index is 13.7. The van der Waals surface area contributed by atoms with Crippen LogP contribution in [0.5, 0.6) is 0 Å². The highest BCUT2D eigenvalue weighted by Crippen LogP contribution is 2.51. The highest BCUT2D eigenvalue weighted by atomic mass is 32.2. The zero-order valence-electron chi connectivity index (χ0n) is 18.1. The van der Waals surface area contributed by atoms with E-state index in [1.54, 1.807) is 31.2 Å². The number of aromatic nitrogens is 1. The lowest BCUT2D eigenvalue weighted by Gasteiger charge is -2.27. The minimum absolute atomic E-state index is 0.161. The predicted molar refractivity (Wildman–Crippen MR) is 131 cm³/mol. The number of thioether (sulfide) groups is 1. The van der Waals surface area contributed by atoms with Crippen molar-refractivity contribution in [1.82, 2.24) is 4.98 Å². The Bertz CT molecular complexity index is 1360. The van der Waals surface area contributed by atoms with Crippen molar-refractivity contribution < 1.29 is 19.1 Å². The van der Waals surface area contributed by atoms with Gasteiger partial charge in [-0.2, -0.15) is 0 Å². The van der Waals surface area contributed by atoms with Gasteiger partial charge in [0.25, 0.3) is 0 Å². The fourth-order valence-electron chi connectivity index (χ4n) is 4.33. The summed E-state index contributed by atoms with van der Waals surface area (Å²) in [6.45, 7) is 1.87. The van der Waals surface area contributed by atoms with Crippen LogP contribution in [0.25, 0.3) is 6.08 Å². The summed E-state index contributed by atoms with van der Waals surface area (Å²) in [5, 5.41) is -0.105. The number of nitrogens with zero attached hydrogens (tertiary/aromatic N) is 1. The average molecular weight is 493 g/mol. The van der Waals surface area contributed by atoms with E-state index in [2.05, 4.69) is 4.98 Å². The zero-order chi connectivity index (χ0) is 23.8. The third kappa shape index (κ3) is 3.80. The van der Waals surface area contributed by atoms with Gasteiger partial charge < -0.3 is 9.72 Å². The predicted octanol–water partition coefficient (Wildman–Crippen LogP) is 4.07. The summed E-state index contributed by atoms with van der Waals surface area (Å²) in [5.74, 6) is -2.56. The molecular weight excluding hydrogens is 472 g/mol. The van der Waals surface area contributed by atoms with Crippen LogP contribution in [0.1, 0.15) is 33.6 Å². The standard InChI is InChI=1S/C25H20N2O5S2/c1-2-32-24(30)15-10-6-7-11-17(15)27-22(28)18-16(13-12-14-8-4-3-5-9-14)19-21(26-25(31)34-19)33-20(18)23(27)29/h3-13,16,18,20H,2H2,1H3,(H,26,31)/b13-12+/t16-,18+,20-/m1/s1. The molecule has 3 heterocycles. The summed E-state index contributed by atoms with van der Waals surface area (Å²) in [6.07, 6.45) is 3.79. The van der Waals surface area contributed by atoms with Crippen molar-refractivity contribution in [2.24, 2.45) is 5.92 Å². The fraction of sp³-hybridized carbons (Fsp3) is 0.200. The Kier molecular flexibility index (Phi) is 5.97. The van der Waals surface area contributed by atoms with Gasteiger partial charge in [-0.1, -0.05) is 77.7 Å². The van der Waals surface area contributed by atoms with Crippen LogP contribution in [-0.2, 0) is 14.3 Å². The molecule has 2 amide bonds. The van der Waals surface area contributed by atoms with E-state index in [4.69, 9.17) is 4.74 Å². The number of para-hydroxylation sites is 1. The number of thiazole rings is 1. The highest BCUT2D eigenvalue weighted by Gasteiger charge is 2.55. The number of rotatable bonds is 5.